The minimum atomic E-state index is -0.309. The summed E-state index contributed by atoms with van der Waals surface area (Å²) < 4.78 is 0. The fourth-order valence-electron chi connectivity index (χ4n) is 2.07. The lowest BCUT2D eigenvalue weighted by Crippen LogP contribution is -2.39. The van der Waals surface area contributed by atoms with Crippen molar-refractivity contribution in [2.45, 2.75) is 19.3 Å². The first-order chi connectivity index (χ1) is 8.58. The molecule has 2 heterocycles. The van der Waals surface area contributed by atoms with E-state index in [1.807, 2.05) is 19.0 Å². The maximum Gasteiger partial charge on any atom is 0.285 e. The maximum atomic E-state index is 11.9. The predicted molar refractivity (Wildman–Crippen MR) is 71.3 cm³/mol. The van der Waals surface area contributed by atoms with E-state index in [-0.39, 0.29) is 11.7 Å². The van der Waals surface area contributed by atoms with Gasteiger partial charge in [-0.25, -0.2) is 0 Å². The van der Waals surface area contributed by atoms with Gasteiger partial charge in [0.15, 0.2) is 0 Å². The number of likely N-dealkylation sites (tertiary alicyclic amines) is 1. The van der Waals surface area contributed by atoms with E-state index < -0.39 is 0 Å². The van der Waals surface area contributed by atoms with Gasteiger partial charge in [0.05, 0.1) is 5.57 Å². The Balaban J connectivity index is 2.20. The predicted octanol–water partition coefficient (Wildman–Crippen LogP) is 0.171. The van der Waals surface area contributed by atoms with Crippen LogP contribution in [0.5, 0.6) is 0 Å². The second-order valence-electron chi connectivity index (χ2n) is 4.77. The number of amides is 1. The van der Waals surface area contributed by atoms with Crippen molar-refractivity contribution in [3.8, 4) is 0 Å². The molecule has 6 heteroatoms. The Bertz CT molecular complexity index is 430. The van der Waals surface area contributed by atoms with Gasteiger partial charge in [0.2, 0.25) is 5.96 Å². The molecule has 1 fully saturated rings. The van der Waals surface area contributed by atoms with Crippen molar-refractivity contribution >= 4 is 17.7 Å². The summed E-state index contributed by atoms with van der Waals surface area (Å²) in [4.78, 5) is 24.0. The third kappa shape index (κ3) is 2.69. The van der Waals surface area contributed by atoms with E-state index in [9.17, 15) is 4.79 Å². The first-order valence-corrected chi connectivity index (χ1v) is 6.18. The van der Waals surface area contributed by atoms with Gasteiger partial charge in [-0.15, -0.1) is 0 Å². The quantitative estimate of drug-likeness (QED) is 0.672. The van der Waals surface area contributed by atoms with E-state index in [0.717, 1.165) is 25.9 Å². The molecule has 0 bridgehead atoms. The van der Waals surface area contributed by atoms with Gasteiger partial charge in [-0.05, 0) is 19.3 Å². The Hall–Kier alpha value is -1.85. The second-order valence-corrected chi connectivity index (χ2v) is 4.77. The van der Waals surface area contributed by atoms with E-state index in [1.165, 1.54) is 6.42 Å². The first-order valence-electron chi connectivity index (χ1n) is 6.18. The molecule has 0 atom stereocenters. The number of guanidine groups is 1. The van der Waals surface area contributed by atoms with Gasteiger partial charge in [0.1, 0.15) is 5.84 Å². The molecule has 1 amide bonds. The zero-order chi connectivity index (χ0) is 13.1. The number of carbonyl (C=O) groups excluding carboxylic acids is 1. The summed E-state index contributed by atoms with van der Waals surface area (Å²) in [5.41, 5.74) is 6.20. The Morgan fingerprint density at radius 1 is 1.22 bits per heavy atom. The average molecular weight is 249 g/mol. The molecule has 0 aromatic carbocycles. The van der Waals surface area contributed by atoms with Crippen molar-refractivity contribution in [2.75, 3.05) is 27.2 Å². The lowest BCUT2D eigenvalue weighted by Gasteiger charge is -2.28. The number of nitrogens with zero attached hydrogens (tertiary/aromatic N) is 4. The van der Waals surface area contributed by atoms with Crippen LogP contribution in [-0.4, -0.2) is 54.7 Å². The Kier molecular flexibility index (Phi) is 3.64. The molecule has 0 spiro atoms. The summed E-state index contributed by atoms with van der Waals surface area (Å²) in [5, 5.41) is 0. The molecule has 0 aliphatic carbocycles. The van der Waals surface area contributed by atoms with Crippen LogP contribution < -0.4 is 5.73 Å². The SMILES string of the molecule is CN(C)/C=C1/C(=O)N=C(N2CCCCC2)N=C1N. The Labute approximate surface area is 107 Å². The highest BCUT2D eigenvalue weighted by Crippen LogP contribution is 2.14. The largest absolute Gasteiger partial charge is 0.383 e. The van der Waals surface area contributed by atoms with Gasteiger partial charge in [0.25, 0.3) is 5.91 Å². The van der Waals surface area contributed by atoms with Gasteiger partial charge >= 0.3 is 0 Å². The van der Waals surface area contributed by atoms with Gasteiger partial charge in [-0.1, -0.05) is 0 Å². The van der Waals surface area contributed by atoms with Crippen LogP contribution in [0, 0.1) is 0 Å². The number of hydrogen-bond acceptors (Lipinski definition) is 5. The normalized spacial score (nSPS) is 22.9. The van der Waals surface area contributed by atoms with E-state index in [0.29, 0.717) is 11.5 Å². The fourth-order valence-corrected chi connectivity index (χ4v) is 2.07. The maximum absolute atomic E-state index is 11.9. The molecule has 0 aromatic rings. The summed E-state index contributed by atoms with van der Waals surface area (Å²) in [5.74, 6) is 0.411. The van der Waals surface area contributed by atoms with Crippen LogP contribution >= 0.6 is 0 Å². The smallest absolute Gasteiger partial charge is 0.285 e. The summed E-state index contributed by atoms with van der Waals surface area (Å²) in [6.45, 7) is 1.80. The monoisotopic (exact) mass is 249 g/mol. The van der Waals surface area contributed by atoms with Crippen LogP contribution in [0.4, 0.5) is 0 Å². The van der Waals surface area contributed by atoms with Crippen LogP contribution in [0.15, 0.2) is 21.8 Å². The van der Waals surface area contributed by atoms with Gasteiger partial charge in [0, 0.05) is 33.4 Å². The molecule has 6 nitrogen and oxygen atoms in total. The lowest BCUT2D eigenvalue weighted by atomic mass is 10.1. The zero-order valence-corrected chi connectivity index (χ0v) is 10.9. The number of nitrogens with two attached hydrogens (primary N) is 1. The third-order valence-corrected chi connectivity index (χ3v) is 2.95. The standard InChI is InChI=1S/C12H19N5O/c1-16(2)8-9-10(13)14-12(15-11(9)18)17-6-4-3-5-7-17/h8H,3-7H2,1-2H3,(H2,13,14,15,18)/b9-8+. The molecule has 0 saturated carbocycles. The minimum Gasteiger partial charge on any atom is -0.383 e. The number of carbonyl (C=O) groups is 1. The number of aliphatic imine (C=N–C) groups is 2. The topological polar surface area (TPSA) is 74.3 Å². The highest BCUT2D eigenvalue weighted by Gasteiger charge is 2.24. The molecule has 2 aliphatic heterocycles. The number of piperidine rings is 1. The van der Waals surface area contributed by atoms with Gasteiger partial charge in [-0.3, -0.25) is 4.79 Å². The van der Waals surface area contributed by atoms with E-state index in [2.05, 4.69) is 9.98 Å². The van der Waals surface area contributed by atoms with E-state index in [4.69, 9.17) is 5.73 Å². The molecular formula is C12H19N5O. The summed E-state index contributed by atoms with van der Waals surface area (Å²) in [6, 6.07) is 0. The number of rotatable bonds is 1. The van der Waals surface area contributed by atoms with Crippen LogP contribution in [0.2, 0.25) is 0 Å². The second kappa shape index (κ2) is 5.20. The van der Waals surface area contributed by atoms with Crippen molar-refractivity contribution in [1.82, 2.24) is 9.80 Å². The summed E-state index contributed by atoms with van der Waals surface area (Å²) in [7, 11) is 3.66. The average Bonchev–Trinajstić information content (AvgIpc) is 2.34. The van der Waals surface area contributed by atoms with E-state index >= 15 is 0 Å². The molecule has 0 aromatic heterocycles. The number of amidine groups is 1. The van der Waals surface area contributed by atoms with Gasteiger partial charge in [-0.2, -0.15) is 9.98 Å². The highest BCUT2D eigenvalue weighted by molar-refractivity contribution is 6.27. The molecule has 2 N–H and O–H groups in total. The third-order valence-electron chi connectivity index (χ3n) is 2.95. The lowest BCUT2D eigenvalue weighted by molar-refractivity contribution is -0.114. The van der Waals surface area contributed by atoms with E-state index in [1.54, 1.807) is 11.1 Å². The Morgan fingerprint density at radius 3 is 2.44 bits per heavy atom. The van der Waals surface area contributed by atoms with Gasteiger partial charge < -0.3 is 15.5 Å². The van der Waals surface area contributed by atoms with Crippen LogP contribution in [-0.2, 0) is 4.79 Å². The Morgan fingerprint density at radius 2 is 1.89 bits per heavy atom. The molecule has 0 radical (unpaired) electrons. The van der Waals surface area contributed by atoms with Crippen molar-refractivity contribution in [3.05, 3.63) is 11.8 Å². The van der Waals surface area contributed by atoms with Crippen molar-refractivity contribution in [3.63, 3.8) is 0 Å². The zero-order valence-electron chi connectivity index (χ0n) is 10.9. The van der Waals surface area contributed by atoms with Crippen molar-refractivity contribution < 1.29 is 4.79 Å². The molecule has 98 valence electrons. The van der Waals surface area contributed by atoms with Crippen LogP contribution in [0.25, 0.3) is 0 Å². The highest BCUT2D eigenvalue weighted by atomic mass is 16.1. The van der Waals surface area contributed by atoms with Crippen LogP contribution in [0.3, 0.4) is 0 Å². The summed E-state index contributed by atoms with van der Waals surface area (Å²) >= 11 is 0. The molecule has 18 heavy (non-hydrogen) atoms. The molecule has 2 aliphatic rings. The molecular weight excluding hydrogens is 230 g/mol. The fraction of sp³-hybridized carbons (Fsp3) is 0.583. The van der Waals surface area contributed by atoms with Crippen molar-refractivity contribution in [2.24, 2.45) is 15.7 Å². The first kappa shape index (κ1) is 12.6. The number of hydrogen-bond donors (Lipinski definition) is 1. The molecule has 0 unspecified atom stereocenters. The summed E-state index contributed by atoms with van der Waals surface area (Å²) in [6.07, 6.45) is 5.10. The van der Waals surface area contributed by atoms with Crippen molar-refractivity contribution in [1.29, 1.82) is 0 Å². The molecule has 1 saturated heterocycles. The molecule has 2 rings (SSSR count). The minimum absolute atomic E-state index is 0.254. The van der Waals surface area contributed by atoms with Crippen LogP contribution in [0.1, 0.15) is 19.3 Å².